The number of carbonyl (C=O) groups is 2. The lowest BCUT2D eigenvalue weighted by Gasteiger charge is -2.30. The Morgan fingerprint density at radius 2 is 1.58 bits per heavy atom. The third kappa shape index (κ3) is 4.64. The lowest BCUT2D eigenvalue weighted by Crippen LogP contribution is -2.37. The molecule has 1 aliphatic rings. The molecular weight excluding hydrogens is 348 g/mol. The zero-order valence-electron chi connectivity index (χ0n) is 14.9. The quantitative estimate of drug-likeness (QED) is 0.879. The van der Waals surface area contributed by atoms with Crippen molar-refractivity contribution in [1.29, 1.82) is 0 Å². The first-order valence-corrected chi connectivity index (χ1v) is 9.32. The molecule has 2 amide bonds. The van der Waals surface area contributed by atoms with Crippen molar-refractivity contribution in [3.8, 4) is 0 Å². The van der Waals surface area contributed by atoms with Crippen LogP contribution in [0.1, 0.15) is 46.0 Å². The van der Waals surface area contributed by atoms with E-state index in [1.165, 1.54) is 0 Å². The number of piperidine rings is 1. The number of hydrogen-bond acceptors (Lipinski definition) is 2. The van der Waals surface area contributed by atoms with Crippen LogP contribution < -0.4 is 5.32 Å². The molecule has 0 radical (unpaired) electrons. The van der Waals surface area contributed by atoms with E-state index in [9.17, 15) is 9.59 Å². The molecule has 0 unspecified atom stereocenters. The Labute approximate surface area is 159 Å². The predicted octanol–water partition coefficient (Wildman–Crippen LogP) is 4.14. The third-order valence-electron chi connectivity index (χ3n) is 4.83. The number of likely N-dealkylation sites (tertiary alicyclic amines) is 1. The van der Waals surface area contributed by atoms with Crippen molar-refractivity contribution in [3.63, 3.8) is 0 Å². The summed E-state index contributed by atoms with van der Waals surface area (Å²) in [4.78, 5) is 26.7. The van der Waals surface area contributed by atoms with Crippen molar-refractivity contribution >= 4 is 23.4 Å². The van der Waals surface area contributed by atoms with Crippen LogP contribution in [0.25, 0.3) is 0 Å². The fraction of sp³-hybridized carbons (Fsp3) is 0.333. The normalized spacial score (nSPS) is 14.9. The predicted molar refractivity (Wildman–Crippen MR) is 103 cm³/mol. The molecule has 2 aromatic carbocycles. The summed E-state index contributed by atoms with van der Waals surface area (Å²) in [6, 6.07) is 14.2. The molecule has 5 heteroatoms. The minimum Gasteiger partial charge on any atom is -0.348 e. The van der Waals surface area contributed by atoms with Gasteiger partial charge in [-0.25, -0.2) is 0 Å². The number of nitrogens with one attached hydrogen (secondary N) is 1. The zero-order valence-corrected chi connectivity index (χ0v) is 15.6. The van der Waals surface area contributed by atoms with Crippen molar-refractivity contribution in [2.45, 2.75) is 26.3 Å². The molecule has 0 aromatic heterocycles. The van der Waals surface area contributed by atoms with Gasteiger partial charge in [0.25, 0.3) is 11.8 Å². The van der Waals surface area contributed by atoms with E-state index in [2.05, 4.69) is 12.2 Å². The summed E-state index contributed by atoms with van der Waals surface area (Å²) in [6.45, 7) is 4.27. The topological polar surface area (TPSA) is 49.4 Å². The highest BCUT2D eigenvalue weighted by molar-refractivity contribution is 6.30. The molecule has 1 saturated heterocycles. The van der Waals surface area contributed by atoms with Crippen LogP contribution >= 0.6 is 11.6 Å². The Balaban J connectivity index is 1.57. The van der Waals surface area contributed by atoms with E-state index in [1.807, 2.05) is 17.0 Å². The Kier molecular flexibility index (Phi) is 5.94. The first-order chi connectivity index (χ1) is 12.5. The third-order valence-corrected chi connectivity index (χ3v) is 5.08. The molecule has 4 nitrogen and oxygen atoms in total. The second-order valence-corrected chi connectivity index (χ2v) is 7.30. The maximum absolute atomic E-state index is 12.5. The highest BCUT2D eigenvalue weighted by atomic mass is 35.5. The average molecular weight is 371 g/mol. The van der Waals surface area contributed by atoms with Crippen LogP contribution in [0.5, 0.6) is 0 Å². The summed E-state index contributed by atoms with van der Waals surface area (Å²) in [5.74, 6) is 0.571. The second-order valence-electron chi connectivity index (χ2n) is 6.86. The molecule has 136 valence electrons. The van der Waals surface area contributed by atoms with Crippen LogP contribution in [0.3, 0.4) is 0 Å². The molecule has 0 bridgehead atoms. The lowest BCUT2D eigenvalue weighted by molar-refractivity contribution is 0.0696. The van der Waals surface area contributed by atoms with Gasteiger partial charge in [0.15, 0.2) is 0 Å². The van der Waals surface area contributed by atoms with Gasteiger partial charge in [0.05, 0.1) is 0 Å². The molecule has 1 aliphatic heterocycles. The van der Waals surface area contributed by atoms with Crippen LogP contribution in [0.15, 0.2) is 48.5 Å². The van der Waals surface area contributed by atoms with Gasteiger partial charge >= 0.3 is 0 Å². The maximum Gasteiger partial charge on any atom is 0.253 e. The fourth-order valence-electron chi connectivity index (χ4n) is 3.05. The molecule has 26 heavy (non-hydrogen) atoms. The fourth-order valence-corrected chi connectivity index (χ4v) is 3.17. The van der Waals surface area contributed by atoms with E-state index in [0.717, 1.165) is 31.5 Å². The first kappa shape index (κ1) is 18.5. The van der Waals surface area contributed by atoms with Gasteiger partial charge in [-0.1, -0.05) is 30.7 Å². The number of rotatable bonds is 4. The summed E-state index contributed by atoms with van der Waals surface area (Å²) in [6.07, 6.45) is 2.11. The molecule has 2 aromatic rings. The number of benzene rings is 2. The van der Waals surface area contributed by atoms with Gasteiger partial charge in [-0.15, -0.1) is 0 Å². The molecule has 0 saturated carbocycles. The van der Waals surface area contributed by atoms with E-state index in [1.54, 1.807) is 36.4 Å². The molecule has 3 rings (SSSR count). The van der Waals surface area contributed by atoms with Crippen molar-refractivity contribution in [2.75, 3.05) is 13.1 Å². The van der Waals surface area contributed by atoms with Crippen LogP contribution in [0.2, 0.25) is 5.02 Å². The highest BCUT2D eigenvalue weighted by Gasteiger charge is 2.21. The SMILES string of the molecule is CC1CCN(C(=O)c2ccc(C(=O)NCc3ccc(Cl)cc3)cc2)CC1. The molecule has 0 spiro atoms. The number of halogens is 1. The standard InChI is InChI=1S/C21H23ClN2O2/c1-15-10-12-24(13-11-15)21(26)18-6-4-17(5-7-18)20(25)23-14-16-2-8-19(22)9-3-16/h2-9,15H,10-14H2,1H3,(H,23,25). The van der Waals surface area contributed by atoms with Crippen molar-refractivity contribution in [2.24, 2.45) is 5.92 Å². The van der Waals surface area contributed by atoms with Gasteiger partial charge in [0.2, 0.25) is 0 Å². The van der Waals surface area contributed by atoms with E-state index in [0.29, 0.717) is 28.6 Å². The summed E-state index contributed by atoms with van der Waals surface area (Å²) >= 11 is 5.86. The Morgan fingerprint density at radius 3 is 2.19 bits per heavy atom. The van der Waals surface area contributed by atoms with Crippen molar-refractivity contribution in [1.82, 2.24) is 10.2 Å². The molecule has 0 atom stereocenters. The largest absolute Gasteiger partial charge is 0.348 e. The van der Waals surface area contributed by atoms with Gasteiger partial charge in [0.1, 0.15) is 0 Å². The number of nitrogens with zero attached hydrogens (tertiary/aromatic N) is 1. The summed E-state index contributed by atoms with van der Waals surface area (Å²) < 4.78 is 0. The molecular formula is C21H23ClN2O2. The van der Waals surface area contributed by atoms with Gasteiger partial charge in [0, 0.05) is 35.8 Å². The van der Waals surface area contributed by atoms with Crippen LogP contribution in [0.4, 0.5) is 0 Å². The minimum absolute atomic E-state index is 0.0463. The summed E-state index contributed by atoms with van der Waals surface area (Å²) in [7, 11) is 0. The zero-order chi connectivity index (χ0) is 18.5. The highest BCUT2D eigenvalue weighted by Crippen LogP contribution is 2.18. The molecule has 0 aliphatic carbocycles. The monoisotopic (exact) mass is 370 g/mol. The Hall–Kier alpha value is -2.33. The number of amides is 2. The molecule has 1 fully saturated rings. The molecule has 1 N–H and O–H groups in total. The first-order valence-electron chi connectivity index (χ1n) is 8.95. The van der Waals surface area contributed by atoms with Crippen LogP contribution in [0, 0.1) is 5.92 Å². The lowest BCUT2D eigenvalue weighted by atomic mass is 9.98. The van der Waals surface area contributed by atoms with Crippen molar-refractivity contribution in [3.05, 3.63) is 70.2 Å². The van der Waals surface area contributed by atoms with E-state index in [4.69, 9.17) is 11.6 Å². The van der Waals surface area contributed by atoms with E-state index < -0.39 is 0 Å². The van der Waals surface area contributed by atoms with Gasteiger partial charge < -0.3 is 10.2 Å². The van der Waals surface area contributed by atoms with Crippen LogP contribution in [-0.4, -0.2) is 29.8 Å². The van der Waals surface area contributed by atoms with E-state index >= 15 is 0 Å². The van der Waals surface area contributed by atoms with Crippen LogP contribution in [-0.2, 0) is 6.54 Å². The summed E-state index contributed by atoms with van der Waals surface area (Å²) in [5, 5.41) is 3.54. The minimum atomic E-state index is -0.161. The Morgan fingerprint density at radius 1 is 1.00 bits per heavy atom. The van der Waals surface area contributed by atoms with E-state index in [-0.39, 0.29) is 11.8 Å². The maximum atomic E-state index is 12.5. The Bertz CT molecular complexity index is 764. The second kappa shape index (κ2) is 8.37. The van der Waals surface area contributed by atoms with Crippen molar-refractivity contribution < 1.29 is 9.59 Å². The smallest absolute Gasteiger partial charge is 0.253 e. The van der Waals surface area contributed by atoms with Gasteiger partial charge in [-0.2, -0.15) is 0 Å². The van der Waals surface area contributed by atoms with Gasteiger partial charge in [-0.3, -0.25) is 9.59 Å². The van der Waals surface area contributed by atoms with Gasteiger partial charge in [-0.05, 0) is 60.7 Å². The number of carbonyl (C=O) groups excluding carboxylic acids is 2. The molecule has 1 heterocycles. The number of hydrogen-bond donors (Lipinski definition) is 1. The summed E-state index contributed by atoms with van der Waals surface area (Å²) in [5.41, 5.74) is 2.16. The average Bonchev–Trinajstić information content (AvgIpc) is 2.67.